The van der Waals surface area contributed by atoms with Gasteiger partial charge in [0.25, 0.3) is 5.91 Å². The van der Waals surface area contributed by atoms with Crippen LogP contribution < -0.4 is 5.43 Å². The minimum absolute atomic E-state index is 0.160. The largest absolute Gasteiger partial charge is 0.319 e. The molecule has 1 N–H and O–H groups in total. The normalized spacial score (nSPS) is 11.2. The highest BCUT2D eigenvalue weighted by Gasteiger charge is 2.11. The Bertz CT molecular complexity index is 1170. The van der Waals surface area contributed by atoms with Crippen LogP contribution in [-0.4, -0.2) is 27.4 Å². The number of hydrazone groups is 1. The van der Waals surface area contributed by atoms with E-state index >= 15 is 0 Å². The van der Waals surface area contributed by atoms with E-state index in [0.717, 1.165) is 33.9 Å². The van der Waals surface area contributed by atoms with Crippen molar-refractivity contribution in [3.05, 3.63) is 84.4 Å². The molecule has 0 bridgehead atoms. The molecule has 0 radical (unpaired) electrons. The number of imidazole rings is 1. The van der Waals surface area contributed by atoms with Crippen molar-refractivity contribution in [1.82, 2.24) is 15.0 Å². The molecule has 0 saturated carbocycles. The highest BCUT2D eigenvalue weighted by molar-refractivity contribution is 7.99. The molecule has 0 aliphatic rings. The second-order valence-corrected chi connectivity index (χ2v) is 7.64. The summed E-state index contributed by atoms with van der Waals surface area (Å²) in [6.07, 6.45) is 1.65. The summed E-state index contributed by atoms with van der Waals surface area (Å²) in [5, 5.41) is 4.92. The molecule has 0 aliphatic heterocycles. The van der Waals surface area contributed by atoms with E-state index in [9.17, 15) is 4.79 Å². The van der Waals surface area contributed by atoms with E-state index in [2.05, 4.69) is 39.1 Å². The zero-order valence-electron chi connectivity index (χ0n) is 16.7. The molecule has 4 aromatic rings. The topological polar surface area (TPSA) is 59.3 Å². The molecule has 0 saturated heterocycles. The van der Waals surface area contributed by atoms with Gasteiger partial charge in [0, 0.05) is 6.54 Å². The lowest BCUT2D eigenvalue weighted by Gasteiger charge is -2.05. The maximum absolute atomic E-state index is 12.2. The van der Waals surface area contributed by atoms with Crippen molar-refractivity contribution in [3.8, 4) is 11.1 Å². The van der Waals surface area contributed by atoms with Gasteiger partial charge in [-0.3, -0.25) is 4.79 Å². The van der Waals surface area contributed by atoms with Gasteiger partial charge in [0.15, 0.2) is 5.16 Å². The summed E-state index contributed by atoms with van der Waals surface area (Å²) >= 11 is 1.42. The summed E-state index contributed by atoms with van der Waals surface area (Å²) in [7, 11) is 0. The maximum atomic E-state index is 12.2. The second kappa shape index (κ2) is 9.41. The van der Waals surface area contributed by atoms with E-state index in [4.69, 9.17) is 0 Å². The summed E-state index contributed by atoms with van der Waals surface area (Å²) in [5.74, 6) is 0.0972. The number of rotatable bonds is 7. The van der Waals surface area contributed by atoms with Crippen LogP contribution in [-0.2, 0) is 11.3 Å². The van der Waals surface area contributed by atoms with Crippen LogP contribution in [0.1, 0.15) is 12.5 Å². The fourth-order valence-electron chi connectivity index (χ4n) is 3.20. The molecule has 0 fully saturated rings. The minimum Gasteiger partial charge on any atom is -0.319 e. The first-order valence-electron chi connectivity index (χ1n) is 9.80. The SMILES string of the molecule is CCn1c(SCC(=O)NN=Cc2ccc(-c3ccccc3)cc2)nc2ccccc21. The fourth-order valence-corrected chi connectivity index (χ4v) is 4.07. The van der Waals surface area contributed by atoms with Crippen LogP contribution in [0.3, 0.4) is 0 Å². The number of thioether (sulfide) groups is 1. The molecular formula is C24H22N4OS. The Labute approximate surface area is 179 Å². The van der Waals surface area contributed by atoms with Gasteiger partial charge in [-0.05, 0) is 35.7 Å². The van der Waals surface area contributed by atoms with Crippen LogP contribution in [0, 0.1) is 0 Å². The standard InChI is InChI=1S/C24H22N4OS/c1-2-28-22-11-7-6-10-21(22)26-24(28)30-17-23(29)27-25-16-18-12-14-20(15-13-18)19-8-4-3-5-9-19/h3-16H,2,17H2,1H3,(H,27,29). The molecule has 1 aromatic heterocycles. The van der Waals surface area contributed by atoms with Gasteiger partial charge in [0.2, 0.25) is 0 Å². The highest BCUT2D eigenvalue weighted by atomic mass is 32.2. The molecular weight excluding hydrogens is 392 g/mol. The van der Waals surface area contributed by atoms with E-state index in [-0.39, 0.29) is 11.7 Å². The number of carbonyl (C=O) groups excluding carboxylic acids is 1. The minimum atomic E-state index is -0.160. The number of hydrogen-bond donors (Lipinski definition) is 1. The predicted octanol–water partition coefficient (Wildman–Crippen LogP) is 4.97. The van der Waals surface area contributed by atoms with Crippen molar-refractivity contribution in [2.24, 2.45) is 5.10 Å². The summed E-state index contributed by atoms with van der Waals surface area (Å²) in [5.41, 5.74) is 7.86. The van der Waals surface area contributed by atoms with E-state index in [1.54, 1.807) is 6.21 Å². The van der Waals surface area contributed by atoms with E-state index in [1.165, 1.54) is 17.3 Å². The molecule has 0 aliphatic carbocycles. The number of para-hydroxylation sites is 2. The van der Waals surface area contributed by atoms with Crippen molar-refractivity contribution < 1.29 is 4.79 Å². The lowest BCUT2D eigenvalue weighted by atomic mass is 10.0. The van der Waals surface area contributed by atoms with Gasteiger partial charge in [-0.25, -0.2) is 10.4 Å². The summed E-state index contributed by atoms with van der Waals surface area (Å²) in [4.78, 5) is 16.8. The Balaban J connectivity index is 1.32. The van der Waals surface area contributed by atoms with E-state index in [1.807, 2.05) is 66.7 Å². The molecule has 4 rings (SSSR count). The van der Waals surface area contributed by atoms with Crippen LogP contribution in [0.15, 0.2) is 89.1 Å². The Morgan fingerprint density at radius 3 is 2.47 bits per heavy atom. The number of aryl methyl sites for hydroxylation is 1. The number of nitrogens with zero attached hydrogens (tertiary/aromatic N) is 3. The number of nitrogens with one attached hydrogen (secondary N) is 1. The van der Waals surface area contributed by atoms with Crippen molar-refractivity contribution in [2.45, 2.75) is 18.6 Å². The average Bonchev–Trinajstić information content (AvgIpc) is 3.16. The highest BCUT2D eigenvalue weighted by Crippen LogP contribution is 2.23. The molecule has 1 heterocycles. The Morgan fingerprint density at radius 2 is 1.70 bits per heavy atom. The first-order chi connectivity index (χ1) is 14.7. The quantitative estimate of drug-likeness (QED) is 0.264. The van der Waals surface area contributed by atoms with Gasteiger partial charge in [-0.2, -0.15) is 5.10 Å². The summed E-state index contributed by atoms with van der Waals surface area (Å²) in [6, 6.07) is 26.3. The number of hydrogen-bond acceptors (Lipinski definition) is 4. The number of amides is 1. The maximum Gasteiger partial charge on any atom is 0.250 e. The van der Waals surface area contributed by atoms with Crippen LogP contribution in [0.5, 0.6) is 0 Å². The predicted molar refractivity (Wildman–Crippen MR) is 124 cm³/mol. The third-order valence-corrected chi connectivity index (χ3v) is 5.67. The molecule has 30 heavy (non-hydrogen) atoms. The van der Waals surface area contributed by atoms with Gasteiger partial charge in [-0.15, -0.1) is 0 Å². The van der Waals surface area contributed by atoms with Crippen LogP contribution in [0.2, 0.25) is 0 Å². The average molecular weight is 415 g/mol. The molecule has 3 aromatic carbocycles. The van der Waals surface area contributed by atoms with Crippen LogP contribution in [0.25, 0.3) is 22.2 Å². The van der Waals surface area contributed by atoms with E-state index in [0.29, 0.717) is 0 Å². The van der Waals surface area contributed by atoms with E-state index < -0.39 is 0 Å². The van der Waals surface area contributed by atoms with Crippen LogP contribution in [0.4, 0.5) is 0 Å². The number of aromatic nitrogens is 2. The lowest BCUT2D eigenvalue weighted by Crippen LogP contribution is -2.20. The molecule has 0 atom stereocenters. The molecule has 0 unspecified atom stereocenters. The smallest absolute Gasteiger partial charge is 0.250 e. The Kier molecular flexibility index (Phi) is 6.25. The second-order valence-electron chi connectivity index (χ2n) is 6.70. The van der Waals surface area contributed by atoms with Crippen LogP contribution >= 0.6 is 11.8 Å². The molecule has 6 heteroatoms. The van der Waals surface area contributed by atoms with Gasteiger partial charge in [0.1, 0.15) is 0 Å². The monoisotopic (exact) mass is 414 g/mol. The number of carbonyl (C=O) groups is 1. The van der Waals surface area contributed by atoms with Gasteiger partial charge in [-0.1, -0.05) is 78.5 Å². The Morgan fingerprint density at radius 1 is 1.00 bits per heavy atom. The first-order valence-corrected chi connectivity index (χ1v) is 10.8. The number of fused-ring (bicyclic) bond motifs is 1. The third-order valence-electron chi connectivity index (χ3n) is 4.69. The Hall–Kier alpha value is -3.38. The van der Waals surface area contributed by atoms with Crippen molar-refractivity contribution in [2.75, 3.05) is 5.75 Å². The fraction of sp³-hybridized carbons (Fsp3) is 0.125. The van der Waals surface area contributed by atoms with Gasteiger partial charge < -0.3 is 4.57 Å². The molecule has 1 amide bonds. The third kappa shape index (κ3) is 4.60. The lowest BCUT2D eigenvalue weighted by molar-refractivity contribution is -0.118. The zero-order chi connectivity index (χ0) is 20.8. The van der Waals surface area contributed by atoms with Crippen molar-refractivity contribution >= 4 is 34.9 Å². The summed E-state index contributed by atoms with van der Waals surface area (Å²) in [6.45, 7) is 2.88. The molecule has 5 nitrogen and oxygen atoms in total. The van der Waals surface area contributed by atoms with Gasteiger partial charge >= 0.3 is 0 Å². The van der Waals surface area contributed by atoms with Gasteiger partial charge in [0.05, 0.1) is 23.0 Å². The number of benzene rings is 3. The van der Waals surface area contributed by atoms with Crippen molar-refractivity contribution in [1.29, 1.82) is 0 Å². The summed E-state index contributed by atoms with van der Waals surface area (Å²) < 4.78 is 2.12. The molecule has 0 spiro atoms. The first kappa shape index (κ1) is 19.9. The van der Waals surface area contributed by atoms with Crippen molar-refractivity contribution in [3.63, 3.8) is 0 Å². The molecule has 150 valence electrons. The zero-order valence-corrected chi connectivity index (χ0v) is 17.5.